The molecule has 1 aliphatic heterocycles. The second-order valence-electron chi connectivity index (χ2n) is 4.97. The molecule has 21 heavy (non-hydrogen) atoms. The van der Waals surface area contributed by atoms with Gasteiger partial charge >= 0.3 is 0 Å². The quantitative estimate of drug-likeness (QED) is 0.875. The van der Waals surface area contributed by atoms with Gasteiger partial charge in [-0.05, 0) is 13.0 Å². The summed E-state index contributed by atoms with van der Waals surface area (Å²) in [7, 11) is 1.59. The van der Waals surface area contributed by atoms with E-state index in [1.807, 2.05) is 19.1 Å². The molecule has 0 aliphatic carbocycles. The van der Waals surface area contributed by atoms with Crippen LogP contribution in [0.25, 0.3) is 0 Å². The van der Waals surface area contributed by atoms with Crippen LogP contribution in [0.15, 0.2) is 18.2 Å². The summed E-state index contributed by atoms with van der Waals surface area (Å²) in [6.45, 7) is 4.25. The molecule has 1 aliphatic rings. The molecule has 6 nitrogen and oxygen atoms in total. The van der Waals surface area contributed by atoms with Crippen molar-refractivity contribution in [3.05, 3.63) is 23.8 Å². The van der Waals surface area contributed by atoms with Gasteiger partial charge in [-0.25, -0.2) is 0 Å². The molecule has 1 aromatic carbocycles. The first kappa shape index (κ1) is 15.6. The zero-order valence-electron chi connectivity index (χ0n) is 12.5. The molecule has 1 aromatic rings. The van der Waals surface area contributed by atoms with Crippen LogP contribution in [0, 0.1) is 0 Å². The van der Waals surface area contributed by atoms with Gasteiger partial charge in [-0.3, -0.25) is 4.79 Å². The van der Waals surface area contributed by atoms with Gasteiger partial charge in [0.05, 0.1) is 20.3 Å². The van der Waals surface area contributed by atoms with E-state index in [1.54, 1.807) is 18.1 Å². The molecule has 6 heteroatoms. The predicted octanol–water partition coefficient (Wildman–Crippen LogP) is 0.952. The average molecular weight is 294 g/mol. The van der Waals surface area contributed by atoms with E-state index in [-0.39, 0.29) is 18.6 Å². The fourth-order valence-electron chi connectivity index (χ4n) is 2.19. The molecule has 116 valence electrons. The zero-order valence-corrected chi connectivity index (χ0v) is 12.5. The second-order valence-corrected chi connectivity index (χ2v) is 4.97. The van der Waals surface area contributed by atoms with Gasteiger partial charge < -0.3 is 24.8 Å². The maximum absolute atomic E-state index is 12.1. The normalized spacial score (nSPS) is 16.4. The number of methoxy groups -OCH3 is 1. The SMILES string of the molecule is COc1ccc([C@@H](C)N)c(OCC(=O)N2CCOCC2)c1. The highest BCUT2D eigenvalue weighted by molar-refractivity contribution is 5.78. The standard InChI is InChI=1S/C15H22N2O4/c1-11(16)13-4-3-12(19-2)9-14(13)21-10-15(18)17-5-7-20-8-6-17/h3-4,9,11H,5-8,10,16H2,1-2H3/t11-/m1/s1. The van der Waals surface area contributed by atoms with E-state index in [4.69, 9.17) is 19.9 Å². The Labute approximate surface area is 124 Å². The van der Waals surface area contributed by atoms with Crippen LogP contribution in [0.4, 0.5) is 0 Å². The summed E-state index contributed by atoms with van der Waals surface area (Å²) in [5.41, 5.74) is 6.77. The largest absolute Gasteiger partial charge is 0.497 e. The monoisotopic (exact) mass is 294 g/mol. The number of morpholine rings is 1. The van der Waals surface area contributed by atoms with Crippen LogP contribution in [-0.2, 0) is 9.53 Å². The maximum atomic E-state index is 12.1. The number of benzene rings is 1. The van der Waals surface area contributed by atoms with Crippen molar-refractivity contribution in [1.29, 1.82) is 0 Å². The van der Waals surface area contributed by atoms with E-state index in [9.17, 15) is 4.79 Å². The molecule has 1 atom stereocenters. The molecule has 0 bridgehead atoms. The van der Waals surface area contributed by atoms with Gasteiger partial charge in [-0.1, -0.05) is 6.07 Å². The molecule has 0 radical (unpaired) electrons. The molecule has 1 saturated heterocycles. The Bertz CT molecular complexity index is 485. The van der Waals surface area contributed by atoms with Crippen molar-refractivity contribution < 1.29 is 19.0 Å². The molecule has 1 fully saturated rings. The Hall–Kier alpha value is -1.79. The predicted molar refractivity (Wildman–Crippen MR) is 78.5 cm³/mol. The minimum absolute atomic E-state index is 0.00706. The molecule has 0 saturated carbocycles. The van der Waals surface area contributed by atoms with Gasteiger partial charge in [-0.15, -0.1) is 0 Å². The summed E-state index contributed by atoms with van der Waals surface area (Å²) in [6, 6.07) is 5.27. The van der Waals surface area contributed by atoms with Crippen LogP contribution in [0.3, 0.4) is 0 Å². The molecule has 0 aromatic heterocycles. The third-order valence-corrected chi connectivity index (χ3v) is 3.43. The Morgan fingerprint density at radius 2 is 2.14 bits per heavy atom. The van der Waals surface area contributed by atoms with Crippen LogP contribution in [0.1, 0.15) is 18.5 Å². The Kier molecular flexibility index (Phi) is 5.41. The van der Waals surface area contributed by atoms with Crippen LogP contribution in [0.5, 0.6) is 11.5 Å². The molecule has 2 N–H and O–H groups in total. The first-order valence-electron chi connectivity index (χ1n) is 7.03. The number of carbonyl (C=O) groups excluding carboxylic acids is 1. The number of nitrogens with zero attached hydrogens (tertiary/aromatic N) is 1. The lowest BCUT2D eigenvalue weighted by Gasteiger charge is -2.27. The third-order valence-electron chi connectivity index (χ3n) is 3.43. The fraction of sp³-hybridized carbons (Fsp3) is 0.533. The number of hydrogen-bond donors (Lipinski definition) is 1. The van der Waals surface area contributed by atoms with E-state index < -0.39 is 0 Å². The Morgan fingerprint density at radius 1 is 1.43 bits per heavy atom. The van der Waals surface area contributed by atoms with E-state index in [1.165, 1.54) is 0 Å². The van der Waals surface area contributed by atoms with Crippen LogP contribution in [0.2, 0.25) is 0 Å². The highest BCUT2D eigenvalue weighted by Crippen LogP contribution is 2.28. The van der Waals surface area contributed by atoms with Crippen LogP contribution in [-0.4, -0.2) is 50.8 Å². The summed E-state index contributed by atoms with van der Waals surface area (Å²) in [5, 5.41) is 0. The lowest BCUT2D eigenvalue weighted by molar-refractivity contribution is -0.137. The second kappa shape index (κ2) is 7.28. The van der Waals surface area contributed by atoms with Crippen molar-refractivity contribution in [3.63, 3.8) is 0 Å². The summed E-state index contributed by atoms with van der Waals surface area (Å²) < 4.78 is 16.1. The minimum atomic E-state index is -0.176. The molecular formula is C15H22N2O4. The summed E-state index contributed by atoms with van der Waals surface area (Å²) in [4.78, 5) is 13.8. The van der Waals surface area contributed by atoms with Gasteiger partial charge in [0.2, 0.25) is 0 Å². The third kappa shape index (κ3) is 4.09. The van der Waals surface area contributed by atoms with Gasteiger partial charge in [0.1, 0.15) is 11.5 Å². The van der Waals surface area contributed by atoms with Crippen molar-refractivity contribution in [1.82, 2.24) is 4.90 Å². The average Bonchev–Trinajstić information content (AvgIpc) is 2.52. The number of ether oxygens (including phenoxy) is 3. The van der Waals surface area contributed by atoms with E-state index in [2.05, 4.69) is 0 Å². The van der Waals surface area contributed by atoms with Crippen molar-refractivity contribution in [2.45, 2.75) is 13.0 Å². The number of amides is 1. The minimum Gasteiger partial charge on any atom is -0.497 e. The van der Waals surface area contributed by atoms with Crippen molar-refractivity contribution in [3.8, 4) is 11.5 Å². The molecule has 2 rings (SSSR count). The summed E-state index contributed by atoms with van der Waals surface area (Å²) in [6.07, 6.45) is 0. The lowest BCUT2D eigenvalue weighted by Crippen LogP contribution is -2.43. The molecule has 1 amide bonds. The number of hydrogen-bond acceptors (Lipinski definition) is 5. The summed E-state index contributed by atoms with van der Waals surface area (Å²) >= 11 is 0. The highest BCUT2D eigenvalue weighted by atomic mass is 16.5. The maximum Gasteiger partial charge on any atom is 0.260 e. The van der Waals surface area contributed by atoms with Crippen molar-refractivity contribution in [2.24, 2.45) is 5.73 Å². The first-order valence-corrected chi connectivity index (χ1v) is 7.03. The Balaban J connectivity index is 2.02. The smallest absolute Gasteiger partial charge is 0.260 e. The van der Waals surface area contributed by atoms with E-state index >= 15 is 0 Å². The van der Waals surface area contributed by atoms with E-state index in [0.717, 1.165) is 5.56 Å². The molecule has 0 unspecified atom stereocenters. The van der Waals surface area contributed by atoms with Crippen LogP contribution >= 0.6 is 0 Å². The lowest BCUT2D eigenvalue weighted by atomic mass is 10.1. The van der Waals surface area contributed by atoms with E-state index in [0.29, 0.717) is 37.8 Å². The Morgan fingerprint density at radius 3 is 2.76 bits per heavy atom. The molecule has 1 heterocycles. The van der Waals surface area contributed by atoms with Crippen LogP contribution < -0.4 is 15.2 Å². The highest BCUT2D eigenvalue weighted by Gasteiger charge is 2.18. The molecular weight excluding hydrogens is 272 g/mol. The van der Waals surface area contributed by atoms with Gasteiger partial charge in [0.25, 0.3) is 5.91 Å². The first-order chi connectivity index (χ1) is 10.1. The van der Waals surface area contributed by atoms with Crippen molar-refractivity contribution in [2.75, 3.05) is 40.0 Å². The number of rotatable bonds is 5. The summed E-state index contributed by atoms with van der Waals surface area (Å²) in [5.74, 6) is 1.22. The fourth-order valence-corrected chi connectivity index (χ4v) is 2.19. The molecule has 0 spiro atoms. The topological polar surface area (TPSA) is 74.0 Å². The number of nitrogens with two attached hydrogens (primary N) is 1. The van der Waals surface area contributed by atoms with Gasteiger partial charge in [0, 0.05) is 30.8 Å². The van der Waals surface area contributed by atoms with Crippen molar-refractivity contribution >= 4 is 5.91 Å². The zero-order chi connectivity index (χ0) is 15.2. The van der Waals surface area contributed by atoms with Gasteiger partial charge in [0.15, 0.2) is 6.61 Å². The van der Waals surface area contributed by atoms with Gasteiger partial charge in [-0.2, -0.15) is 0 Å². The number of carbonyl (C=O) groups is 1.